The first-order valence-corrected chi connectivity index (χ1v) is 6.26. The minimum absolute atomic E-state index is 0.246. The largest absolute Gasteiger partial charge is 0.477 e. The maximum atomic E-state index is 11.6. The molecule has 0 radical (unpaired) electrons. The third-order valence-electron chi connectivity index (χ3n) is 3.49. The van der Waals surface area contributed by atoms with Crippen LogP contribution in [0.3, 0.4) is 0 Å². The van der Waals surface area contributed by atoms with E-state index < -0.39 is 41.6 Å². The average Bonchev–Trinajstić information content (AvgIpc) is 2.67. The monoisotopic (exact) mass is 274 g/mol. The lowest BCUT2D eigenvalue weighted by Gasteiger charge is -2.38. The second-order valence-corrected chi connectivity index (χ2v) is 5.96. The molecule has 1 unspecified atom stereocenters. The number of hydrogen-bond acceptors (Lipinski definition) is 6. The smallest absolute Gasteiger partial charge is 0.367 e. The van der Waals surface area contributed by atoms with Gasteiger partial charge in [0.05, 0.1) is 6.61 Å². The predicted molar refractivity (Wildman–Crippen MR) is 60.2 cm³/mol. The first-order valence-electron chi connectivity index (χ1n) is 6.26. The van der Waals surface area contributed by atoms with E-state index in [1.165, 1.54) is 0 Å². The fourth-order valence-corrected chi connectivity index (χ4v) is 2.82. The predicted octanol–water partition coefficient (Wildman–Crippen LogP) is 0.469. The molecular formula is C12H18O7. The van der Waals surface area contributed by atoms with Crippen molar-refractivity contribution < 1.29 is 33.6 Å². The molecule has 0 saturated carbocycles. The first kappa shape index (κ1) is 13.3. The Morgan fingerprint density at radius 3 is 2.42 bits per heavy atom. The summed E-state index contributed by atoms with van der Waals surface area (Å²) in [5, 5.41) is 9.46. The Balaban J connectivity index is 1.94. The van der Waals surface area contributed by atoms with Crippen LogP contribution in [-0.4, -0.2) is 53.4 Å². The number of ether oxygens (including phenoxy) is 5. The van der Waals surface area contributed by atoms with Gasteiger partial charge in [0.1, 0.15) is 12.2 Å². The highest BCUT2D eigenvalue weighted by Crippen LogP contribution is 2.48. The van der Waals surface area contributed by atoms with Gasteiger partial charge in [-0.25, -0.2) is 4.79 Å². The molecule has 0 aromatic heterocycles. The standard InChI is InChI=1S/C12H18O7/c1-10(2)15-5-6-7(17-10)8-12(16-6,9(13)14)19-11(3,4)18-8/h6-8H,5H2,1-4H3,(H,13,14)/t6-,7?,8+,12-/m1/s1. The fraction of sp³-hybridized carbons (Fsp3) is 0.917. The highest BCUT2D eigenvalue weighted by Gasteiger charge is 2.71. The van der Waals surface area contributed by atoms with Crippen molar-refractivity contribution in [3.05, 3.63) is 0 Å². The number of hydrogen-bond donors (Lipinski definition) is 1. The van der Waals surface area contributed by atoms with E-state index in [2.05, 4.69) is 0 Å². The van der Waals surface area contributed by atoms with E-state index in [0.29, 0.717) is 0 Å². The fourth-order valence-electron chi connectivity index (χ4n) is 2.82. The van der Waals surface area contributed by atoms with Gasteiger partial charge in [0.2, 0.25) is 0 Å². The number of carboxylic acid groups (broad SMARTS) is 1. The Morgan fingerprint density at radius 1 is 1.11 bits per heavy atom. The van der Waals surface area contributed by atoms with E-state index in [1.54, 1.807) is 27.7 Å². The Morgan fingerprint density at radius 2 is 1.79 bits per heavy atom. The molecule has 108 valence electrons. The molecule has 3 fully saturated rings. The minimum atomic E-state index is -1.82. The van der Waals surface area contributed by atoms with Gasteiger partial charge in [0.15, 0.2) is 17.7 Å². The summed E-state index contributed by atoms with van der Waals surface area (Å²) >= 11 is 0. The third-order valence-corrected chi connectivity index (χ3v) is 3.49. The zero-order valence-corrected chi connectivity index (χ0v) is 11.3. The Bertz CT molecular complexity index is 418. The maximum absolute atomic E-state index is 11.6. The zero-order valence-electron chi connectivity index (χ0n) is 11.3. The number of aliphatic carboxylic acids is 1. The van der Waals surface area contributed by atoms with Crippen molar-refractivity contribution in [3.8, 4) is 0 Å². The average molecular weight is 274 g/mol. The van der Waals surface area contributed by atoms with Crippen molar-refractivity contribution in [1.82, 2.24) is 0 Å². The van der Waals surface area contributed by atoms with Gasteiger partial charge in [-0.1, -0.05) is 0 Å². The molecule has 7 heteroatoms. The van der Waals surface area contributed by atoms with Crippen LogP contribution in [0.5, 0.6) is 0 Å². The number of rotatable bonds is 1. The molecule has 3 aliphatic heterocycles. The topological polar surface area (TPSA) is 83.5 Å². The van der Waals surface area contributed by atoms with E-state index >= 15 is 0 Å². The molecule has 0 spiro atoms. The van der Waals surface area contributed by atoms with Crippen molar-refractivity contribution in [3.63, 3.8) is 0 Å². The van der Waals surface area contributed by atoms with Crippen LogP contribution in [0.1, 0.15) is 27.7 Å². The van der Waals surface area contributed by atoms with Gasteiger partial charge < -0.3 is 28.8 Å². The molecule has 0 aromatic carbocycles. The third kappa shape index (κ3) is 1.88. The molecule has 0 bridgehead atoms. The lowest BCUT2D eigenvalue weighted by Crippen LogP contribution is -2.52. The van der Waals surface area contributed by atoms with Crippen LogP contribution in [0.25, 0.3) is 0 Å². The van der Waals surface area contributed by atoms with Gasteiger partial charge in [0.25, 0.3) is 0 Å². The van der Waals surface area contributed by atoms with Crippen molar-refractivity contribution in [2.45, 2.75) is 63.4 Å². The van der Waals surface area contributed by atoms with Gasteiger partial charge in [-0.2, -0.15) is 0 Å². The lowest BCUT2D eigenvalue weighted by atomic mass is 10.0. The summed E-state index contributed by atoms with van der Waals surface area (Å²) in [4.78, 5) is 11.6. The molecule has 3 heterocycles. The summed E-state index contributed by atoms with van der Waals surface area (Å²) in [6.07, 6.45) is -1.85. The first-order chi connectivity index (χ1) is 8.65. The lowest BCUT2D eigenvalue weighted by molar-refractivity contribution is -0.325. The van der Waals surface area contributed by atoms with Crippen molar-refractivity contribution in [2.75, 3.05) is 6.61 Å². The molecule has 0 aliphatic carbocycles. The molecule has 19 heavy (non-hydrogen) atoms. The van der Waals surface area contributed by atoms with Crippen LogP contribution in [-0.2, 0) is 28.5 Å². The Kier molecular flexibility index (Phi) is 2.57. The van der Waals surface area contributed by atoms with Gasteiger partial charge in [-0.15, -0.1) is 0 Å². The summed E-state index contributed by atoms with van der Waals surface area (Å²) in [5.74, 6) is -4.85. The van der Waals surface area contributed by atoms with E-state index in [4.69, 9.17) is 23.7 Å². The highest BCUT2D eigenvalue weighted by atomic mass is 16.9. The van der Waals surface area contributed by atoms with Crippen LogP contribution < -0.4 is 0 Å². The van der Waals surface area contributed by atoms with E-state index in [0.717, 1.165) is 0 Å². The molecule has 4 atom stereocenters. The minimum Gasteiger partial charge on any atom is -0.477 e. The summed E-state index contributed by atoms with van der Waals surface area (Å²) in [5.41, 5.74) is 0. The quantitative estimate of drug-likeness (QED) is 0.744. The summed E-state index contributed by atoms with van der Waals surface area (Å²) in [7, 11) is 0. The number of carboxylic acids is 1. The van der Waals surface area contributed by atoms with E-state index in [9.17, 15) is 9.90 Å². The van der Waals surface area contributed by atoms with Gasteiger partial charge >= 0.3 is 11.8 Å². The van der Waals surface area contributed by atoms with Gasteiger partial charge in [0, 0.05) is 0 Å². The molecular weight excluding hydrogens is 256 g/mol. The molecule has 3 saturated heterocycles. The Hall–Kier alpha value is -0.730. The molecule has 0 aromatic rings. The molecule has 1 N–H and O–H groups in total. The Labute approximate surface area is 110 Å². The maximum Gasteiger partial charge on any atom is 0.367 e. The highest BCUT2D eigenvalue weighted by molar-refractivity contribution is 5.77. The summed E-state index contributed by atoms with van der Waals surface area (Å²) in [6, 6.07) is 0. The summed E-state index contributed by atoms with van der Waals surface area (Å²) < 4.78 is 28.0. The van der Waals surface area contributed by atoms with E-state index in [1.807, 2.05) is 0 Å². The normalized spacial score (nSPS) is 46.6. The second kappa shape index (κ2) is 3.67. The van der Waals surface area contributed by atoms with Gasteiger partial charge in [-0.05, 0) is 27.7 Å². The van der Waals surface area contributed by atoms with Crippen LogP contribution in [0.4, 0.5) is 0 Å². The zero-order chi connectivity index (χ0) is 14.1. The van der Waals surface area contributed by atoms with Gasteiger partial charge in [-0.3, -0.25) is 0 Å². The van der Waals surface area contributed by atoms with Crippen LogP contribution in [0, 0.1) is 0 Å². The van der Waals surface area contributed by atoms with E-state index in [-0.39, 0.29) is 6.61 Å². The molecule has 0 amide bonds. The molecule has 3 rings (SSSR count). The van der Waals surface area contributed by atoms with Crippen molar-refractivity contribution in [2.24, 2.45) is 0 Å². The number of carbonyl (C=O) groups is 1. The van der Waals surface area contributed by atoms with Crippen molar-refractivity contribution in [1.29, 1.82) is 0 Å². The molecule has 7 nitrogen and oxygen atoms in total. The molecule has 3 aliphatic rings. The SMILES string of the molecule is CC1(C)OC[C@H]2O[C@@]3(C(=O)O)OC(C)(C)O[C@H]3C2O1. The second-order valence-electron chi connectivity index (χ2n) is 5.96. The van der Waals surface area contributed by atoms with Crippen LogP contribution in [0.2, 0.25) is 0 Å². The van der Waals surface area contributed by atoms with Crippen molar-refractivity contribution >= 4 is 5.97 Å². The summed E-state index contributed by atoms with van der Waals surface area (Å²) in [6.45, 7) is 7.09. The number of fused-ring (bicyclic) bond motifs is 3. The van der Waals surface area contributed by atoms with Crippen LogP contribution >= 0.6 is 0 Å². The van der Waals surface area contributed by atoms with Crippen LogP contribution in [0.15, 0.2) is 0 Å².